The zero-order valence-corrected chi connectivity index (χ0v) is 27.6. The van der Waals surface area contributed by atoms with Crippen LogP contribution in [0.1, 0.15) is 51.4 Å². The second-order valence-electron chi connectivity index (χ2n) is 11.4. The number of carboxylic acid groups (broad SMARTS) is 1. The molecule has 0 aliphatic carbocycles. The monoisotopic (exact) mass is 681 g/mol. The summed E-state index contributed by atoms with van der Waals surface area (Å²) < 4.78 is 41.0. The smallest absolute Gasteiger partial charge is 0.336 e. The molecule has 3 atom stereocenters. The summed E-state index contributed by atoms with van der Waals surface area (Å²) in [5.74, 6) is -0.432. The van der Waals surface area contributed by atoms with Crippen LogP contribution >= 0.6 is 11.8 Å². The third-order valence-electron chi connectivity index (χ3n) is 8.12. The Kier molecular flexibility index (Phi) is 10.7. The average molecular weight is 682 g/mol. The normalized spacial score (nSPS) is 18.0. The zero-order valence-electron chi connectivity index (χ0n) is 25.9. The summed E-state index contributed by atoms with van der Waals surface area (Å²) in [5, 5.41) is 19.1. The molecule has 0 unspecified atom stereocenters. The third kappa shape index (κ3) is 8.22. The molecule has 6 rings (SSSR count). The number of hydrogen-bond acceptors (Lipinski definition) is 7. The van der Waals surface area contributed by atoms with Crippen molar-refractivity contribution in [1.82, 2.24) is 4.72 Å². The fourth-order valence-corrected chi connectivity index (χ4v) is 7.63. The number of hydrogen-bond donors (Lipinski definition) is 3. The van der Waals surface area contributed by atoms with Crippen LogP contribution in [-0.2, 0) is 32.6 Å². The Bertz CT molecular complexity index is 1950. The Morgan fingerprint density at radius 1 is 0.771 bits per heavy atom. The molecular formula is C38H35NO7S2. The van der Waals surface area contributed by atoms with E-state index in [1.807, 2.05) is 84.9 Å². The fraction of sp³-hybridized carbons (Fsp3) is 0.184. The van der Waals surface area contributed by atoms with Crippen molar-refractivity contribution in [3.05, 3.63) is 155 Å². The van der Waals surface area contributed by atoms with E-state index in [0.717, 1.165) is 33.4 Å². The molecule has 0 spiro atoms. The maximum absolute atomic E-state index is 12.7. The van der Waals surface area contributed by atoms with Crippen LogP contribution in [0.2, 0.25) is 0 Å². The van der Waals surface area contributed by atoms with Crippen LogP contribution in [-0.4, -0.2) is 36.5 Å². The molecule has 8 nitrogen and oxygen atoms in total. The van der Waals surface area contributed by atoms with Crippen LogP contribution < -0.4 is 4.72 Å². The molecule has 10 heteroatoms. The van der Waals surface area contributed by atoms with E-state index in [2.05, 4.69) is 4.72 Å². The SMILES string of the molecule is O=C(O)c1ccccc1SC[C@@H]1C[C@H](c2ccc(CO)cc2)O[C@H](c2ccc(-c3cccc(CNS(=O)(=O)c4ccccc4)c3)cc2)O1. The largest absolute Gasteiger partial charge is 0.478 e. The Morgan fingerprint density at radius 3 is 2.21 bits per heavy atom. The molecule has 1 aliphatic rings. The van der Waals surface area contributed by atoms with Gasteiger partial charge in [0, 0.05) is 29.2 Å². The Balaban J connectivity index is 1.18. The van der Waals surface area contributed by atoms with Gasteiger partial charge in [-0.15, -0.1) is 11.8 Å². The summed E-state index contributed by atoms with van der Waals surface area (Å²) >= 11 is 1.45. The zero-order chi connectivity index (χ0) is 33.5. The van der Waals surface area contributed by atoms with E-state index >= 15 is 0 Å². The van der Waals surface area contributed by atoms with Crippen LogP contribution in [0.25, 0.3) is 11.1 Å². The van der Waals surface area contributed by atoms with Crippen LogP contribution in [0.15, 0.2) is 137 Å². The lowest BCUT2D eigenvalue weighted by atomic mass is 9.99. The van der Waals surface area contributed by atoms with Gasteiger partial charge in [0.2, 0.25) is 10.0 Å². The van der Waals surface area contributed by atoms with Gasteiger partial charge in [-0.1, -0.05) is 97.1 Å². The number of nitrogens with one attached hydrogen (secondary N) is 1. The number of aliphatic hydroxyl groups is 1. The lowest BCUT2D eigenvalue weighted by Gasteiger charge is -2.36. The maximum Gasteiger partial charge on any atom is 0.336 e. The van der Waals surface area contributed by atoms with Gasteiger partial charge < -0.3 is 19.7 Å². The van der Waals surface area contributed by atoms with Gasteiger partial charge in [-0.05, 0) is 58.1 Å². The fourth-order valence-electron chi connectivity index (χ4n) is 5.53. The summed E-state index contributed by atoms with van der Waals surface area (Å²) in [5.41, 5.74) is 5.60. The molecule has 0 bridgehead atoms. The highest BCUT2D eigenvalue weighted by Crippen LogP contribution is 2.40. The number of benzene rings is 5. The second kappa shape index (κ2) is 15.3. The first kappa shape index (κ1) is 33.6. The molecule has 48 heavy (non-hydrogen) atoms. The molecule has 5 aromatic carbocycles. The van der Waals surface area contributed by atoms with Crippen LogP contribution in [0.5, 0.6) is 0 Å². The molecule has 1 aliphatic heterocycles. The lowest BCUT2D eigenvalue weighted by molar-refractivity contribution is -0.245. The van der Waals surface area contributed by atoms with E-state index in [1.165, 1.54) is 11.8 Å². The number of sulfonamides is 1. The first-order valence-corrected chi connectivity index (χ1v) is 18.0. The number of rotatable bonds is 12. The summed E-state index contributed by atoms with van der Waals surface area (Å²) in [6.07, 6.45) is -0.577. The van der Waals surface area contributed by atoms with Crippen molar-refractivity contribution in [2.75, 3.05) is 5.75 Å². The molecule has 0 radical (unpaired) electrons. The molecule has 1 fully saturated rings. The number of ether oxygens (including phenoxy) is 2. The van der Waals surface area contributed by atoms with Gasteiger partial charge in [-0.2, -0.15) is 0 Å². The van der Waals surface area contributed by atoms with E-state index in [9.17, 15) is 23.4 Å². The Morgan fingerprint density at radius 2 is 1.48 bits per heavy atom. The number of aromatic carboxylic acids is 1. The number of carboxylic acids is 1. The maximum atomic E-state index is 12.7. The summed E-state index contributed by atoms with van der Waals surface area (Å²) in [6, 6.07) is 38.5. The molecular weight excluding hydrogens is 647 g/mol. The quantitative estimate of drug-likeness (QED) is 0.117. The highest BCUT2D eigenvalue weighted by atomic mass is 32.2. The molecule has 0 amide bonds. The first-order chi connectivity index (χ1) is 23.3. The lowest BCUT2D eigenvalue weighted by Crippen LogP contribution is -2.31. The topological polar surface area (TPSA) is 122 Å². The van der Waals surface area contributed by atoms with Gasteiger partial charge in [0.1, 0.15) is 0 Å². The Hall–Kier alpha value is -4.29. The highest BCUT2D eigenvalue weighted by molar-refractivity contribution is 7.99. The molecule has 246 valence electrons. The molecule has 1 saturated heterocycles. The molecule has 5 aromatic rings. The van der Waals surface area contributed by atoms with Crippen molar-refractivity contribution in [3.63, 3.8) is 0 Å². The van der Waals surface area contributed by atoms with Crippen molar-refractivity contribution < 1.29 is 32.9 Å². The minimum Gasteiger partial charge on any atom is -0.478 e. The van der Waals surface area contributed by atoms with Crippen molar-refractivity contribution in [3.8, 4) is 11.1 Å². The summed E-state index contributed by atoms with van der Waals surface area (Å²) in [6.45, 7) is 0.113. The van der Waals surface area contributed by atoms with Gasteiger partial charge in [0.15, 0.2) is 6.29 Å². The summed E-state index contributed by atoms with van der Waals surface area (Å²) in [4.78, 5) is 12.7. The van der Waals surface area contributed by atoms with Crippen LogP contribution in [0, 0.1) is 0 Å². The van der Waals surface area contributed by atoms with Crippen LogP contribution in [0.4, 0.5) is 0 Å². The highest BCUT2D eigenvalue weighted by Gasteiger charge is 2.32. The molecule has 3 N–H and O–H groups in total. The number of carbonyl (C=O) groups is 1. The number of aliphatic hydroxyl groups excluding tert-OH is 1. The van der Waals surface area contributed by atoms with Crippen LogP contribution in [0.3, 0.4) is 0 Å². The second-order valence-corrected chi connectivity index (χ2v) is 14.3. The minimum absolute atomic E-state index is 0.0433. The van der Waals surface area contributed by atoms with Gasteiger partial charge in [0.25, 0.3) is 0 Å². The van der Waals surface area contributed by atoms with E-state index in [1.54, 1.807) is 42.5 Å². The molecule has 0 saturated carbocycles. The van der Waals surface area contributed by atoms with E-state index in [0.29, 0.717) is 17.1 Å². The standard InChI is InChI=1S/C38H35NO7S2/c40-24-26-13-15-29(16-14-26)35-22-32(25-47-36-12-5-4-11-34(36)37(41)42)45-38(46-35)30-19-17-28(18-20-30)31-8-6-7-27(21-31)23-39-48(43,44)33-9-2-1-3-10-33/h1-21,32,35,38-40H,22-25H2,(H,41,42)/t32-,35+,38+/m0/s1. The summed E-state index contributed by atoms with van der Waals surface area (Å²) in [7, 11) is -3.63. The predicted molar refractivity (Wildman–Crippen MR) is 185 cm³/mol. The van der Waals surface area contributed by atoms with E-state index in [4.69, 9.17) is 9.47 Å². The van der Waals surface area contributed by atoms with Crippen molar-refractivity contribution >= 4 is 27.8 Å². The van der Waals surface area contributed by atoms with Crippen molar-refractivity contribution in [2.24, 2.45) is 0 Å². The van der Waals surface area contributed by atoms with Crippen molar-refractivity contribution in [2.45, 2.75) is 47.9 Å². The predicted octanol–water partition coefficient (Wildman–Crippen LogP) is 7.36. The van der Waals surface area contributed by atoms with E-state index in [-0.39, 0.29) is 35.8 Å². The van der Waals surface area contributed by atoms with Gasteiger partial charge in [-0.25, -0.2) is 17.9 Å². The average Bonchev–Trinajstić information content (AvgIpc) is 3.13. The Labute approximate surface area is 284 Å². The molecule has 1 heterocycles. The first-order valence-electron chi connectivity index (χ1n) is 15.5. The minimum atomic E-state index is -3.63. The number of thioether (sulfide) groups is 1. The van der Waals surface area contributed by atoms with Gasteiger partial charge in [0.05, 0.1) is 29.3 Å². The van der Waals surface area contributed by atoms with E-state index < -0.39 is 22.3 Å². The van der Waals surface area contributed by atoms with Gasteiger partial charge >= 0.3 is 5.97 Å². The van der Waals surface area contributed by atoms with Gasteiger partial charge in [-0.3, -0.25) is 0 Å². The third-order valence-corrected chi connectivity index (χ3v) is 10.7. The van der Waals surface area contributed by atoms with Crippen molar-refractivity contribution in [1.29, 1.82) is 0 Å². The molecule has 0 aromatic heterocycles.